The van der Waals surface area contributed by atoms with E-state index in [9.17, 15) is 4.79 Å². The van der Waals surface area contributed by atoms with Gasteiger partial charge in [0.05, 0.1) is 15.9 Å². The molecule has 0 aliphatic carbocycles. The van der Waals surface area contributed by atoms with Crippen molar-refractivity contribution in [2.75, 3.05) is 30.3 Å². The first-order valence-corrected chi connectivity index (χ1v) is 14.9. The summed E-state index contributed by atoms with van der Waals surface area (Å²) >= 11 is 1.71. The van der Waals surface area contributed by atoms with Gasteiger partial charge in [-0.05, 0) is 75.1 Å². The van der Waals surface area contributed by atoms with Crippen molar-refractivity contribution in [2.24, 2.45) is 0 Å². The second-order valence-electron chi connectivity index (χ2n) is 11.7. The van der Waals surface area contributed by atoms with Crippen LogP contribution in [0.2, 0.25) is 0 Å². The lowest BCUT2D eigenvalue weighted by atomic mass is 9.93. The Morgan fingerprint density at radius 2 is 1.82 bits per heavy atom. The number of urea groups is 1. The summed E-state index contributed by atoms with van der Waals surface area (Å²) in [5, 5.41) is 9.51. The van der Waals surface area contributed by atoms with Crippen LogP contribution in [0.25, 0.3) is 26.4 Å². The molecule has 8 nitrogen and oxygen atoms in total. The molecule has 1 saturated heterocycles. The largest absolute Gasteiger partial charge is 0.359 e. The summed E-state index contributed by atoms with van der Waals surface area (Å²) < 4.78 is 8.79. The first-order valence-electron chi connectivity index (χ1n) is 14.1. The number of rotatable bonds is 7. The Labute approximate surface area is 238 Å². The van der Waals surface area contributed by atoms with Crippen LogP contribution in [0.5, 0.6) is 0 Å². The number of thiazole rings is 1. The third kappa shape index (κ3) is 5.90. The number of carbonyl (C=O) groups excluding carboxylic acids is 1. The van der Waals surface area contributed by atoms with Gasteiger partial charge in [0.25, 0.3) is 0 Å². The van der Waals surface area contributed by atoms with Crippen molar-refractivity contribution in [1.29, 1.82) is 0 Å². The third-order valence-electron chi connectivity index (χ3n) is 7.48. The molecule has 6 rings (SSSR count). The van der Waals surface area contributed by atoms with Gasteiger partial charge in [-0.15, -0.1) is 0 Å². The van der Waals surface area contributed by atoms with E-state index in [2.05, 4.69) is 49.5 Å². The fourth-order valence-corrected chi connectivity index (χ4v) is 6.21. The average molecular weight is 557 g/mol. The molecule has 40 heavy (non-hydrogen) atoms. The molecule has 1 aliphatic heterocycles. The highest BCUT2D eigenvalue weighted by molar-refractivity contribution is 7.23. The molecule has 9 heteroatoms. The number of hydrogen-bond acceptors (Lipinski definition) is 6. The SMILES string of the molecule is CC(C)(C)c1cc(NC(=O)Nc2ccc(-c3cn4c(n3)sc3ccc(CCCN5CCCCC5)cc34)cc2)no1. The van der Waals surface area contributed by atoms with Gasteiger partial charge in [0.1, 0.15) is 5.76 Å². The lowest BCUT2D eigenvalue weighted by molar-refractivity contribution is 0.226. The van der Waals surface area contributed by atoms with E-state index < -0.39 is 0 Å². The van der Waals surface area contributed by atoms with Gasteiger partial charge in [0.15, 0.2) is 10.8 Å². The van der Waals surface area contributed by atoms with Crippen LogP contribution in [-0.4, -0.2) is 45.1 Å². The maximum atomic E-state index is 12.5. The summed E-state index contributed by atoms with van der Waals surface area (Å²) in [7, 11) is 0. The molecule has 2 amide bonds. The number of fused-ring (bicyclic) bond motifs is 3. The minimum absolute atomic E-state index is 0.179. The van der Waals surface area contributed by atoms with Gasteiger partial charge in [0, 0.05) is 28.9 Å². The molecular formula is C31H36N6O2S. The summed E-state index contributed by atoms with van der Waals surface area (Å²) in [5.74, 6) is 1.10. The number of nitrogens with one attached hydrogen (secondary N) is 2. The van der Waals surface area contributed by atoms with Gasteiger partial charge in [-0.25, -0.2) is 9.78 Å². The van der Waals surface area contributed by atoms with Crippen molar-refractivity contribution in [3.05, 3.63) is 66.1 Å². The van der Waals surface area contributed by atoms with E-state index in [4.69, 9.17) is 9.51 Å². The van der Waals surface area contributed by atoms with Crippen LogP contribution in [0.1, 0.15) is 57.8 Å². The number of benzene rings is 2. The van der Waals surface area contributed by atoms with Crippen LogP contribution in [-0.2, 0) is 11.8 Å². The molecule has 2 N–H and O–H groups in total. The molecule has 0 saturated carbocycles. The maximum absolute atomic E-state index is 12.5. The number of aromatic nitrogens is 3. The van der Waals surface area contributed by atoms with Crippen LogP contribution in [0.15, 0.2) is 59.3 Å². The predicted octanol–water partition coefficient (Wildman–Crippen LogP) is 7.56. The van der Waals surface area contributed by atoms with Gasteiger partial charge < -0.3 is 14.7 Å². The molecule has 2 aromatic carbocycles. The molecule has 1 fully saturated rings. The molecule has 208 valence electrons. The molecule has 0 radical (unpaired) electrons. The molecule has 0 spiro atoms. The second kappa shape index (κ2) is 11.1. The van der Waals surface area contributed by atoms with Crippen LogP contribution in [0.3, 0.4) is 0 Å². The van der Waals surface area contributed by atoms with Gasteiger partial charge in [0.2, 0.25) is 0 Å². The molecule has 5 aromatic rings. The minimum atomic E-state index is -0.373. The number of likely N-dealkylation sites (tertiary alicyclic amines) is 1. The molecular weight excluding hydrogens is 520 g/mol. The highest BCUT2D eigenvalue weighted by Crippen LogP contribution is 2.31. The van der Waals surface area contributed by atoms with Crippen molar-refractivity contribution in [3.8, 4) is 11.3 Å². The van der Waals surface area contributed by atoms with Gasteiger partial charge in [-0.1, -0.05) is 61.9 Å². The summed E-state index contributed by atoms with van der Waals surface area (Å²) in [4.78, 5) is 21.0. The van der Waals surface area contributed by atoms with E-state index in [-0.39, 0.29) is 11.4 Å². The summed E-state index contributed by atoms with van der Waals surface area (Å²) in [6, 6.07) is 15.9. The van der Waals surface area contributed by atoms with Crippen LogP contribution < -0.4 is 10.6 Å². The molecule has 0 atom stereocenters. The third-order valence-corrected chi connectivity index (χ3v) is 8.51. The van der Waals surface area contributed by atoms with Crippen molar-refractivity contribution >= 4 is 44.1 Å². The van der Waals surface area contributed by atoms with Crippen molar-refractivity contribution < 1.29 is 9.32 Å². The van der Waals surface area contributed by atoms with E-state index >= 15 is 0 Å². The Kier molecular flexibility index (Phi) is 7.33. The standard InChI is InChI=1S/C31H36N6O2S/c1-31(2,3)27-19-28(35-39-27)34-29(38)32-23-12-10-22(11-13-23)24-20-37-25-18-21(9-14-26(25)40-30(37)33-24)8-7-17-36-15-5-4-6-16-36/h9-14,18-20H,4-8,15-17H2,1-3H3,(H2,32,34,35,38). The fraction of sp³-hybridized carbons (Fsp3) is 0.387. The summed E-state index contributed by atoms with van der Waals surface area (Å²) in [5.41, 5.74) is 5.01. The number of hydrogen-bond donors (Lipinski definition) is 2. The number of anilines is 2. The summed E-state index contributed by atoms with van der Waals surface area (Å²) in [6.45, 7) is 9.79. The Balaban J connectivity index is 1.10. The Hall–Kier alpha value is -3.69. The zero-order valence-corrected chi connectivity index (χ0v) is 24.2. The number of piperidine rings is 1. The topological polar surface area (TPSA) is 87.7 Å². The number of nitrogens with zero attached hydrogens (tertiary/aromatic N) is 4. The molecule has 0 unspecified atom stereocenters. The van der Waals surface area contributed by atoms with Crippen LogP contribution in [0, 0.1) is 0 Å². The minimum Gasteiger partial charge on any atom is -0.359 e. The molecule has 0 bridgehead atoms. The van der Waals surface area contributed by atoms with E-state index in [1.165, 1.54) is 61.1 Å². The van der Waals surface area contributed by atoms with Crippen LogP contribution in [0.4, 0.5) is 16.3 Å². The first kappa shape index (κ1) is 26.5. The second-order valence-corrected chi connectivity index (χ2v) is 12.7. The first-order chi connectivity index (χ1) is 19.3. The Bertz CT molecular complexity index is 1620. The van der Waals surface area contributed by atoms with Gasteiger partial charge in [-0.2, -0.15) is 0 Å². The number of amides is 2. The molecule has 3 aromatic heterocycles. The number of carbonyl (C=O) groups is 1. The molecule has 1 aliphatic rings. The van der Waals surface area contributed by atoms with E-state index in [0.717, 1.165) is 22.6 Å². The van der Waals surface area contributed by atoms with Crippen molar-refractivity contribution in [2.45, 2.75) is 58.3 Å². The van der Waals surface area contributed by atoms with E-state index in [1.807, 2.05) is 45.0 Å². The highest BCUT2D eigenvalue weighted by atomic mass is 32.1. The van der Waals surface area contributed by atoms with E-state index in [1.54, 1.807) is 17.4 Å². The normalized spacial score (nSPS) is 14.7. The molecule has 4 heterocycles. The monoisotopic (exact) mass is 556 g/mol. The Morgan fingerprint density at radius 3 is 2.58 bits per heavy atom. The van der Waals surface area contributed by atoms with Gasteiger partial charge in [-0.3, -0.25) is 9.72 Å². The van der Waals surface area contributed by atoms with Crippen LogP contribution >= 0.6 is 11.3 Å². The van der Waals surface area contributed by atoms with Gasteiger partial charge >= 0.3 is 6.03 Å². The zero-order valence-electron chi connectivity index (χ0n) is 23.4. The maximum Gasteiger partial charge on any atom is 0.324 e. The smallest absolute Gasteiger partial charge is 0.324 e. The summed E-state index contributed by atoms with van der Waals surface area (Å²) in [6.07, 6.45) is 8.48. The number of imidazole rings is 1. The lowest BCUT2D eigenvalue weighted by Gasteiger charge is -2.26. The predicted molar refractivity (Wildman–Crippen MR) is 162 cm³/mol. The average Bonchev–Trinajstić information content (AvgIpc) is 3.65. The Morgan fingerprint density at radius 1 is 1.02 bits per heavy atom. The van der Waals surface area contributed by atoms with E-state index in [0.29, 0.717) is 17.3 Å². The fourth-order valence-electron chi connectivity index (χ4n) is 5.22. The lowest BCUT2D eigenvalue weighted by Crippen LogP contribution is -2.30. The quantitative estimate of drug-likeness (QED) is 0.216. The van der Waals surface area contributed by atoms with Crippen molar-refractivity contribution in [3.63, 3.8) is 0 Å². The zero-order chi connectivity index (χ0) is 27.7. The number of aryl methyl sites for hydroxylation is 1. The van der Waals surface area contributed by atoms with Crippen molar-refractivity contribution in [1.82, 2.24) is 19.4 Å². The highest BCUT2D eigenvalue weighted by Gasteiger charge is 2.20.